The maximum absolute atomic E-state index is 12.6. The number of nitrogens with one attached hydrogen (secondary N) is 1. The van der Waals surface area contributed by atoms with Crippen LogP contribution in [0.1, 0.15) is 21.5 Å². The molecule has 6 heteroatoms. The van der Waals surface area contributed by atoms with Crippen molar-refractivity contribution in [2.75, 3.05) is 0 Å². The van der Waals surface area contributed by atoms with Gasteiger partial charge in [0.05, 0.1) is 10.7 Å². The number of amides is 1. The molecule has 0 saturated heterocycles. The maximum atomic E-state index is 12.6. The van der Waals surface area contributed by atoms with E-state index in [4.69, 9.17) is 16.3 Å². The van der Waals surface area contributed by atoms with Crippen LogP contribution in [0.25, 0.3) is 10.8 Å². The molecule has 0 aromatic heterocycles. The summed E-state index contributed by atoms with van der Waals surface area (Å²) >= 11 is 9.69. The van der Waals surface area contributed by atoms with Gasteiger partial charge in [0.1, 0.15) is 12.4 Å². The fraction of sp³-hybridized carbons (Fsp3) is 0.0400. The second-order valence-corrected chi connectivity index (χ2v) is 8.06. The van der Waals surface area contributed by atoms with Gasteiger partial charge < -0.3 is 4.74 Å². The van der Waals surface area contributed by atoms with Gasteiger partial charge in [0, 0.05) is 16.1 Å². The molecule has 0 radical (unpaired) electrons. The van der Waals surface area contributed by atoms with Gasteiger partial charge in [0.2, 0.25) is 0 Å². The Morgan fingerprint density at radius 3 is 2.61 bits per heavy atom. The largest absolute Gasteiger partial charge is 0.488 e. The minimum Gasteiger partial charge on any atom is -0.488 e. The summed E-state index contributed by atoms with van der Waals surface area (Å²) in [5.41, 5.74) is 4.91. The highest BCUT2D eigenvalue weighted by atomic mass is 79.9. The molecule has 4 aromatic carbocycles. The number of nitrogens with zero attached hydrogens (tertiary/aromatic N) is 1. The molecule has 0 bridgehead atoms. The summed E-state index contributed by atoms with van der Waals surface area (Å²) in [7, 11) is 0. The highest BCUT2D eigenvalue weighted by molar-refractivity contribution is 9.10. The van der Waals surface area contributed by atoms with Crippen molar-refractivity contribution in [1.82, 2.24) is 5.43 Å². The average Bonchev–Trinajstić information content (AvgIpc) is 2.79. The Bertz CT molecular complexity index is 1270. The molecule has 0 aliphatic carbocycles. The predicted octanol–water partition coefficient (Wildman–Crippen LogP) is 6.60. The molecule has 4 nitrogen and oxygen atoms in total. The molecule has 0 spiro atoms. The second-order valence-electron chi connectivity index (χ2n) is 6.80. The number of rotatable bonds is 6. The molecular formula is C25H18BrClN2O2. The van der Waals surface area contributed by atoms with Crippen molar-refractivity contribution in [3.05, 3.63) is 111 Å². The fourth-order valence-electron chi connectivity index (χ4n) is 3.13. The van der Waals surface area contributed by atoms with Gasteiger partial charge in [-0.2, -0.15) is 5.10 Å². The number of carbonyl (C=O) groups is 1. The summed E-state index contributed by atoms with van der Waals surface area (Å²) in [6.45, 7) is 0.368. The lowest BCUT2D eigenvalue weighted by atomic mass is 10.0. The van der Waals surface area contributed by atoms with Gasteiger partial charge in [-0.3, -0.25) is 4.79 Å². The lowest BCUT2D eigenvalue weighted by Crippen LogP contribution is -2.17. The highest BCUT2D eigenvalue weighted by Crippen LogP contribution is 2.27. The Labute approximate surface area is 193 Å². The van der Waals surface area contributed by atoms with Crippen LogP contribution in [-0.4, -0.2) is 12.1 Å². The van der Waals surface area contributed by atoms with E-state index >= 15 is 0 Å². The van der Waals surface area contributed by atoms with Crippen LogP contribution in [0.3, 0.4) is 0 Å². The van der Waals surface area contributed by atoms with E-state index in [0.29, 0.717) is 22.9 Å². The zero-order chi connectivity index (χ0) is 21.6. The summed E-state index contributed by atoms with van der Waals surface area (Å²) in [5, 5.41) is 6.67. The molecule has 0 saturated carbocycles. The van der Waals surface area contributed by atoms with Gasteiger partial charge in [-0.05, 0) is 62.6 Å². The van der Waals surface area contributed by atoms with Crippen molar-refractivity contribution in [1.29, 1.82) is 0 Å². The van der Waals surface area contributed by atoms with Crippen molar-refractivity contribution >= 4 is 50.4 Å². The zero-order valence-corrected chi connectivity index (χ0v) is 18.7. The van der Waals surface area contributed by atoms with Gasteiger partial charge in [0.25, 0.3) is 5.91 Å². The van der Waals surface area contributed by atoms with E-state index in [1.807, 2.05) is 78.9 Å². The molecule has 1 amide bonds. The summed E-state index contributed by atoms with van der Waals surface area (Å²) < 4.78 is 6.64. The summed E-state index contributed by atoms with van der Waals surface area (Å²) in [6, 6.07) is 26.5. The quantitative estimate of drug-likeness (QED) is 0.243. The normalized spacial score (nSPS) is 11.0. The van der Waals surface area contributed by atoms with E-state index in [2.05, 4.69) is 26.5 Å². The smallest absolute Gasteiger partial charge is 0.271 e. The van der Waals surface area contributed by atoms with Crippen molar-refractivity contribution in [2.45, 2.75) is 6.61 Å². The fourth-order valence-corrected chi connectivity index (χ4v) is 3.84. The Morgan fingerprint density at radius 2 is 1.77 bits per heavy atom. The van der Waals surface area contributed by atoms with Crippen LogP contribution in [0.2, 0.25) is 5.02 Å². The van der Waals surface area contributed by atoms with Crippen molar-refractivity contribution in [3.63, 3.8) is 0 Å². The van der Waals surface area contributed by atoms with E-state index in [0.717, 1.165) is 26.4 Å². The zero-order valence-electron chi connectivity index (χ0n) is 16.4. The van der Waals surface area contributed by atoms with E-state index < -0.39 is 0 Å². The van der Waals surface area contributed by atoms with Crippen molar-refractivity contribution in [3.8, 4) is 5.75 Å². The van der Waals surface area contributed by atoms with Crippen molar-refractivity contribution in [2.24, 2.45) is 5.10 Å². The predicted molar refractivity (Wildman–Crippen MR) is 129 cm³/mol. The van der Waals surface area contributed by atoms with Crippen LogP contribution in [0, 0.1) is 0 Å². The number of hydrogen-bond acceptors (Lipinski definition) is 3. The number of halogens is 2. The highest BCUT2D eigenvalue weighted by Gasteiger charge is 2.09. The Balaban J connectivity index is 1.40. The molecule has 0 atom stereocenters. The Hall–Kier alpha value is -3.15. The monoisotopic (exact) mass is 492 g/mol. The first-order chi connectivity index (χ1) is 15.1. The Kier molecular flexibility index (Phi) is 6.65. The molecule has 31 heavy (non-hydrogen) atoms. The van der Waals surface area contributed by atoms with E-state index in [9.17, 15) is 4.79 Å². The van der Waals surface area contributed by atoms with E-state index in [1.165, 1.54) is 0 Å². The molecular weight excluding hydrogens is 476 g/mol. The van der Waals surface area contributed by atoms with Crippen LogP contribution in [0.4, 0.5) is 0 Å². The SMILES string of the molecule is O=C(N/N=C\c1ccc(OCc2ccccc2Cl)c(Br)c1)c1cccc2ccccc12. The van der Waals surface area contributed by atoms with Gasteiger partial charge in [-0.1, -0.05) is 66.2 Å². The first-order valence-corrected chi connectivity index (χ1v) is 10.8. The van der Waals surface area contributed by atoms with Crippen LogP contribution in [0.15, 0.2) is 94.5 Å². The van der Waals surface area contributed by atoms with Crippen LogP contribution in [-0.2, 0) is 6.61 Å². The van der Waals surface area contributed by atoms with E-state index in [-0.39, 0.29) is 5.91 Å². The summed E-state index contributed by atoms with van der Waals surface area (Å²) in [6.07, 6.45) is 1.59. The average molecular weight is 494 g/mol. The molecule has 154 valence electrons. The minimum absolute atomic E-state index is 0.258. The molecule has 0 aliphatic rings. The number of carbonyl (C=O) groups excluding carboxylic acids is 1. The van der Waals surface area contributed by atoms with Gasteiger partial charge >= 0.3 is 0 Å². The summed E-state index contributed by atoms with van der Waals surface area (Å²) in [5.74, 6) is 0.434. The Morgan fingerprint density at radius 1 is 1.00 bits per heavy atom. The molecule has 4 aromatic rings. The van der Waals surface area contributed by atoms with Crippen molar-refractivity contribution < 1.29 is 9.53 Å². The number of hydrazone groups is 1. The van der Waals surface area contributed by atoms with Crippen LogP contribution in [0.5, 0.6) is 5.75 Å². The maximum Gasteiger partial charge on any atom is 0.271 e. The first kappa shape index (κ1) is 21.1. The second kappa shape index (κ2) is 9.77. The molecule has 0 aliphatic heterocycles. The summed E-state index contributed by atoms with van der Waals surface area (Å²) in [4.78, 5) is 12.6. The molecule has 4 rings (SSSR count). The third kappa shape index (κ3) is 5.13. The number of hydrogen-bond donors (Lipinski definition) is 1. The lowest BCUT2D eigenvalue weighted by molar-refractivity contribution is 0.0957. The minimum atomic E-state index is -0.258. The third-order valence-electron chi connectivity index (χ3n) is 4.71. The topological polar surface area (TPSA) is 50.7 Å². The van der Waals surface area contributed by atoms with Gasteiger partial charge in [0.15, 0.2) is 0 Å². The van der Waals surface area contributed by atoms with Crippen LogP contribution < -0.4 is 10.2 Å². The number of fused-ring (bicyclic) bond motifs is 1. The molecule has 1 N–H and O–H groups in total. The van der Waals surface area contributed by atoms with Crippen LogP contribution >= 0.6 is 27.5 Å². The third-order valence-corrected chi connectivity index (χ3v) is 5.70. The molecule has 0 unspecified atom stereocenters. The first-order valence-electron chi connectivity index (χ1n) is 9.59. The van der Waals surface area contributed by atoms with Gasteiger partial charge in [-0.25, -0.2) is 5.43 Å². The molecule has 0 fully saturated rings. The number of benzene rings is 4. The van der Waals surface area contributed by atoms with Gasteiger partial charge in [-0.15, -0.1) is 0 Å². The molecule has 0 heterocycles. The standard InChI is InChI=1S/C25H18BrClN2O2/c26-22-14-17(12-13-24(22)31-16-19-7-2-4-11-23(19)27)15-28-29-25(30)21-10-5-8-18-6-1-3-9-20(18)21/h1-15H,16H2,(H,29,30)/b28-15-. The lowest BCUT2D eigenvalue weighted by Gasteiger charge is -2.10. The number of ether oxygens (including phenoxy) is 1. The van der Waals surface area contributed by atoms with E-state index in [1.54, 1.807) is 12.3 Å².